The maximum Gasteiger partial charge on any atom is 0.0124 e. The lowest BCUT2D eigenvalue weighted by Gasteiger charge is -2.44. The molecule has 1 aliphatic heterocycles. The van der Waals surface area contributed by atoms with E-state index in [0.717, 1.165) is 29.8 Å². The van der Waals surface area contributed by atoms with Crippen LogP contribution in [0.15, 0.2) is 0 Å². The van der Waals surface area contributed by atoms with Gasteiger partial charge in [-0.25, -0.2) is 0 Å². The van der Waals surface area contributed by atoms with E-state index in [4.69, 9.17) is 0 Å². The highest BCUT2D eigenvalue weighted by atomic mass is 15.2. The Bertz CT molecular complexity index is 266. The maximum absolute atomic E-state index is 3.74. The second kappa shape index (κ2) is 7.08. The molecule has 0 aromatic heterocycles. The predicted molar refractivity (Wildman–Crippen MR) is 83.4 cm³/mol. The molecule has 1 saturated carbocycles. The van der Waals surface area contributed by atoms with E-state index in [1.54, 1.807) is 0 Å². The highest BCUT2D eigenvalue weighted by Crippen LogP contribution is 2.33. The zero-order valence-electron chi connectivity index (χ0n) is 13.5. The average molecular weight is 266 g/mol. The molecule has 1 N–H and O–H groups in total. The van der Waals surface area contributed by atoms with Gasteiger partial charge in [0.2, 0.25) is 0 Å². The standard InChI is InChI=1S/C17H34N2/c1-5-16-9-10-19(12-13(2)11-18-16)17-8-6-7-14(3)15(17)4/h13-18H,5-12H2,1-4H3. The van der Waals surface area contributed by atoms with Gasteiger partial charge in [-0.1, -0.05) is 40.5 Å². The van der Waals surface area contributed by atoms with Crippen molar-refractivity contribution in [2.75, 3.05) is 19.6 Å². The molecule has 2 aliphatic rings. The van der Waals surface area contributed by atoms with Gasteiger partial charge in [-0.05, 0) is 50.1 Å². The van der Waals surface area contributed by atoms with Crippen molar-refractivity contribution >= 4 is 0 Å². The summed E-state index contributed by atoms with van der Waals surface area (Å²) in [5.74, 6) is 2.59. The summed E-state index contributed by atoms with van der Waals surface area (Å²) >= 11 is 0. The molecule has 5 unspecified atom stereocenters. The topological polar surface area (TPSA) is 15.3 Å². The molecular formula is C17H34N2. The van der Waals surface area contributed by atoms with Crippen LogP contribution in [0.25, 0.3) is 0 Å². The molecule has 1 heterocycles. The van der Waals surface area contributed by atoms with Crippen molar-refractivity contribution in [1.82, 2.24) is 10.2 Å². The quantitative estimate of drug-likeness (QED) is 0.822. The van der Waals surface area contributed by atoms with Gasteiger partial charge in [0.25, 0.3) is 0 Å². The largest absolute Gasteiger partial charge is 0.314 e. The van der Waals surface area contributed by atoms with Gasteiger partial charge in [0.1, 0.15) is 0 Å². The van der Waals surface area contributed by atoms with Gasteiger partial charge in [0, 0.05) is 18.6 Å². The summed E-state index contributed by atoms with van der Waals surface area (Å²) in [6.45, 7) is 13.5. The van der Waals surface area contributed by atoms with Crippen LogP contribution in [0.2, 0.25) is 0 Å². The van der Waals surface area contributed by atoms with E-state index in [0.29, 0.717) is 0 Å². The molecule has 2 rings (SSSR count). The zero-order valence-corrected chi connectivity index (χ0v) is 13.5. The SMILES string of the molecule is CCC1CCN(C2CCCC(C)C2C)CC(C)CN1. The predicted octanol–water partition coefficient (Wildman–Crippen LogP) is 3.52. The molecule has 1 aliphatic carbocycles. The van der Waals surface area contributed by atoms with Crippen LogP contribution in [-0.4, -0.2) is 36.6 Å². The smallest absolute Gasteiger partial charge is 0.0124 e. The molecule has 0 aromatic rings. The Morgan fingerprint density at radius 3 is 2.63 bits per heavy atom. The second-order valence-corrected chi connectivity index (χ2v) is 7.24. The van der Waals surface area contributed by atoms with Gasteiger partial charge in [-0.2, -0.15) is 0 Å². The third kappa shape index (κ3) is 3.95. The van der Waals surface area contributed by atoms with Crippen LogP contribution < -0.4 is 5.32 Å². The first-order valence-electron chi connectivity index (χ1n) is 8.59. The lowest BCUT2D eigenvalue weighted by Crippen LogP contribution is -2.50. The zero-order chi connectivity index (χ0) is 13.8. The maximum atomic E-state index is 3.74. The lowest BCUT2D eigenvalue weighted by molar-refractivity contribution is 0.0594. The third-order valence-electron chi connectivity index (χ3n) is 5.69. The summed E-state index contributed by atoms with van der Waals surface area (Å²) in [6, 6.07) is 1.59. The van der Waals surface area contributed by atoms with Gasteiger partial charge < -0.3 is 5.32 Å². The summed E-state index contributed by atoms with van der Waals surface area (Å²) in [7, 11) is 0. The van der Waals surface area contributed by atoms with Gasteiger partial charge in [0.15, 0.2) is 0 Å². The molecule has 0 aromatic carbocycles. The minimum absolute atomic E-state index is 0.738. The third-order valence-corrected chi connectivity index (χ3v) is 5.69. The first-order chi connectivity index (χ1) is 9.11. The van der Waals surface area contributed by atoms with Crippen molar-refractivity contribution in [2.24, 2.45) is 17.8 Å². The highest BCUT2D eigenvalue weighted by Gasteiger charge is 2.32. The number of nitrogens with zero attached hydrogens (tertiary/aromatic N) is 1. The minimum Gasteiger partial charge on any atom is -0.314 e. The first-order valence-corrected chi connectivity index (χ1v) is 8.59. The Morgan fingerprint density at radius 1 is 1.11 bits per heavy atom. The number of rotatable bonds is 2. The summed E-state index contributed by atoms with van der Waals surface area (Å²) in [5, 5.41) is 3.74. The Hall–Kier alpha value is -0.0800. The van der Waals surface area contributed by atoms with Crippen LogP contribution in [-0.2, 0) is 0 Å². The molecule has 2 nitrogen and oxygen atoms in total. The van der Waals surface area contributed by atoms with Crippen LogP contribution in [0.1, 0.15) is 59.8 Å². The molecule has 2 fully saturated rings. The molecule has 5 atom stereocenters. The fraction of sp³-hybridized carbons (Fsp3) is 1.00. The van der Waals surface area contributed by atoms with Crippen molar-refractivity contribution in [3.05, 3.63) is 0 Å². The van der Waals surface area contributed by atoms with E-state index < -0.39 is 0 Å². The van der Waals surface area contributed by atoms with Crippen molar-refractivity contribution in [3.63, 3.8) is 0 Å². The van der Waals surface area contributed by atoms with Crippen LogP contribution in [0.5, 0.6) is 0 Å². The lowest BCUT2D eigenvalue weighted by atomic mass is 9.77. The monoisotopic (exact) mass is 266 g/mol. The Morgan fingerprint density at radius 2 is 1.89 bits per heavy atom. The van der Waals surface area contributed by atoms with Crippen molar-refractivity contribution in [3.8, 4) is 0 Å². The van der Waals surface area contributed by atoms with Gasteiger partial charge >= 0.3 is 0 Å². The van der Waals surface area contributed by atoms with E-state index in [1.165, 1.54) is 51.7 Å². The fourth-order valence-corrected chi connectivity index (χ4v) is 4.07. The van der Waals surface area contributed by atoms with Gasteiger partial charge in [-0.3, -0.25) is 4.90 Å². The van der Waals surface area contributed by atoms with Crippen LogP contribution in [0.3, 0.4) is 0 Å². The number of nitrogens with one attached hydrogen (secondary N) is 1. The number of hydrogen-bond donors (Lipinski definition) is 1. The molecule has 19 heavy (non-hydrogen) atoms. The summed E-state index contributed by atoms with van der Waals surface area (Å²) in [5.41, 5.74) is 0. The Labute approximate surface area is 120 Å². The average Bonchev–Trinajstić information content (AvgIpc) is 2.38. The summed E-state index contributed by atoms with van der Waals surface area (Å²) in [6.07, 6.45) is 6.93. The second-order valence-electron chi connectivity index (χ2n) is 7.24. The first kappa shape index (κ1) is 15.3. The molecule has 112 valence electrons. The number of hydrogen-bond acceptors (Lipinski definition) is 2. The fourth-order valence-electron chi connectivity index (χ4n) is 4.07. The molecule has 1 saturated heterocycles. The Balaban J connectivity index is 1.99. The van der Waals surface area contributed by atoms with E-state index in [9.17, 15) is 0 Å². The molecular weight excluding hydrogens is 232 g/mol. The van der Waals surface area contributed by atoms with E-state index in [2.05, 4.69) is 37.9 Å². The van der Waals surface area contributed by atoms with Gasteiger partial charge in [0.05, 0.1) is 0 Å². The van der Waals surface area contributed by atoms with Gasteiger partial charge in [-0.15, -0.1) is 0 Å². The normalized spacial score (nSPS) is 42.6. The van der Waals surface area contributed by atoms with Crippen molar-refractivity contribution in [2.45, 2.75) is 71.9 Å². The van der Waals surface area contributed by atoms with Crippen LogP contribution in [0, 0.1) is 17.8 Å². The van der Waals surface area contributed by atoms with E-state index in [1.807, 2.05) is 0 Å². The molecule has 0 bridgehead atoms. The van der Waals surface area contributed by atoms with Crippen molar-refractivity contribution in [1.29, 1.82) is 0 Å². The van der Waals surface area contributed by atoms with E-state index in [-0.39, 0.29) is 0 Å². The minimum atomic E-state index is 0.738. The highest BCUT2D eigenvalue weighted by molar-refractivity contribution is 4.87. The molecule has 0 amide bonds. The van der Waals surface area contributed by atoms with Crippen LogP contribution in [0.4, 0.5) is 0 Å². The summed E-state index contributed by atoms with van der Waals surface area (Å²) in [4.78, 5) is 2.84. The van der Waals surface area contributed by atoms with Crippen molar-refractivity contribution < 1.29 is 0 Å². The molecule has 0 spiro atoms. The van der Waals surface area contributed by atoms with Crippen LogP contribution >= 0.6 is 0 Å². The molecule has 2 heteroatoms. The van der Waals surface area contributed by atoms with E-state index >= 15 is 0 Å². The molecule has 0 radical (unpaired) electrons. The summed E-state index contributed by atoms with van der Waals surface area (Å²) < 4.78 is 0. The Kier molecular flexibility index (Phi) is 5.70.